The lowest BCUT2D eigenvalue weighted by Gasteiger charge is -2.08. The number of rotatable bonds is 4. The third-order valence-electron chi connectivity index (χ3n) is 3.58. The first-order chi connectivity index (χ1) is 8.74. The number of carboxylic acids is 1. The van der Waals surface area contributed by atoms with Crippen LogP contribution >= 0.6 is 23.1 Å². The van der Waals surface area contributed by atoms with Gasteiger partial charge in [0, 0.05) is 11.4 Å². The highest BCUT2D eigenvalue weighted by Crippen LogP contribution is 2.38. The van der Waals surface area contributed by atoms with Crippen LogP contribution in [0.25, 0.3) is 0 Å². The fourth-order valence-electron chi connectivity index (χ4n) is 2.52. The molecular formula is C12H16N2O2S2. The molecular weight excluding hydrogens is 268 g/mol. The Bertz CT molecular complexity index is 455. The first kappa shape index (κ1) is 12.3. The number of aromatic nitrogens is 1. The van der Waals surface area contributed by atoms with E-state index in [9.17, 15) is 4.79 Å². The summed E-state index contributed by atoms with van der Waals surface area (Å²) in [5.74, 6) is 2.12. The molecule has 0 saturated carbocycles. The molecule has 1 fully saturated rings. The highest BCUT2D eigenvalue weighted by Gasteiger charge is 2.32. The predicted molar refractivity (Wildman–Crippen MR) is 74.7 cm³/mol. The van der Waals surface area contributed by atoms with Gasteiger partial charge in [0.1, 0.15) is 5.92 Å². The van der Waals surface area contributed by atoms with E-state index in [1.54, 1.807) is 11.3 Å². The molecule has 3 rings (SSSR count). The van der Waals surface area contributed by atoms with Crippen molar-refractivity contribution < 1.29 is 9.90 Å². The van der Waals surface area contributed by atoms with Gasteiger partial charge in [0.2, 0.25) is 0 Å². The smallest absolute Gasteiger partial charge is 0.312 e. The Kier molecular flexibility index (Phi) is 3.48. The summed E-state index contributed by atoms with van der Waals surface area (Å²) < 4.78 is 0. The summed E-state index contributed by atoms with van der Waals surface area (Å²) >= 11 is 3.65. The number of carboxylic acid groups (broad SMARTS) is 1. The van der Waals surface area contributed by atoms with E-state index in [4.69, 9.17) is 5.11 Å². The van der Waals surface area contributed by atoms with E-state index >= 15 is 0 Å². The largest absolute Gasteiger partial charge is 0.481 e. The molecule has 2 N–H and O–H groups in total. The first-order valence-electron chi connectivity index (χ1n) is 6.28. The molecule has 0 bridgehead atoms. The van der Waals surface area contributed by atoms with Crippen LogP contribution < -0.4 is 5.32 Å². The van der Waals surface area contributed by atoms with Gasteiger partial charge in [0.25, 0.3) is 0 Å². The second kappa shape index (κ2) is 5.09. The maximum atomic E-state index is 11.1. The molecule has 0 radical (unpaired) electrons. The summed E-state index contributed by atoms with van der Waals surface area (Å²) in [6.45, 7) is 0.969. The Morgan fingerprint density at radius 2 is 2.39 bits per heavy atom. The molecule has 2 aliphatic rings. The third kappa shape index (κ3) is 2.36. The van der Waals surface area contributed by atoms with Crippen molar-refractivity contribution in [3.05, 3.63) is 10.6 Å². The van der Waals surface area contributed by atoms with Gasteiger partial charge in [-0.1, -0.05) is 0 Å². The molecule has 0 spiro atoms. The van der Waals surface area contributed by atoms with Crippen molar-refractivity contribution in [1.29, 1.82) is 0 Å². The Morgan fingerprint density at radius 1 is 1.50 bits per heavy atom. The van der Waals surface area contributed by atoms with Crippen molar-refractivity contribution in [1.82, 2.24) is 4.98 Å². The number of aliphatic carboxylic acids is 1. The minimum Gasteiger partial charge on any atom is -0.481 e. The molecule has 1 aromatic rings. The fraction of sp³-hybridized carbons (Fsp3) is 0.667. The highest BCUT2D eigenvalue weighted by molar-refractivity contribution is 7.99. The third-order valence-corrected chi connectivity index (χ3v) is 5.90. The average molecular weight is 284 g/mol. The molecule has 18 heavy (non-hydrogen) atoms. The van der Waals surface area contributed by atoms with Gasteiger partial charge in [0.05, 0.1) is 5.69 Å². The van der Waals surface area contributed by atoms with Gasteiger partial charge < -0.3 is 10.4 Å². The highest BCUT2D eigenvalue weighted by atomic mass is 32.2. The predicted octanol–water partition coefficient (Wildman–Crippen LogP) is 2.42. The minimum atomic E-state index is -0.738. The Hall–Kier alpha value is -0.750. The van der Waals surface area contributed by atoms with Gasteiger partial charge in [-0.15, -0.1) is 11.3 Å². The number of hydrogen-bond donors (Lipinski definition) is 2. The van der Waals surface area contributed by atoms with Crippen LogP contribution in [0.1, 0.15) is 29.3 Å². The molecule has 2 atom stereocenters. The zero-order valence-corrected chi connectivity index (χ0v) is 11.6. The molecule has 2 heterocycles. The molecule has 1 aliphatic carbocycles. The second-order valence-corrected chi connectivity index (χ2v) is 7.10. The zero-order valence-electron chi connectivity index (χ0n) is 10.0. The van der Waals surface area contributed by atoms with Crippen molar-refractivity contribution in [3.8, 4) is 0 Å². The van der Waals surface area contributed by atoms with E-state index in [0.29, 0.717) is 6.42 Å². The van der Waals surface area contributed by atoms with Crippen LogP contribution in [0.5, 0.6) is 0 Å². The average Bonchev–Trinajstić information content (AvgIpc) is 3.02. The molecule has 4 nitrogen and oxygen atoms in total. The van der Waals surface area contributed by atoms with Crippen molar-refractivity contribution >= 4 is 34.2 Å². The van der Waals surface area contributed by atoms with Crippen LogP contribution in [0, 0.1) is 5.92 Å². The van der Waals surface area contributed by atoms with E-state index < -0.39 is 5.97 Å². The van der Waals surface area contributed by atoms with Crippen LogP contribution in [-0.2, 0) is 11.2 Å². The summed E-state index contributed by atoms with van der Waals surface area (Å²) in [7, 11) is 0. The normalized spacial score (nSPS) is 26.2. The standard InChI is InChI=1S/C12H16N2O2S2/c15-11(16)8-1-2-9-10(8)14-12(18-9)13-5-7-3-4-17-6-7/h7-8H,1-6H2,(H,13,14)(H,15,16). The zero-order chi connectivity index (χ0) is 12.5. The Labute approximate surface area is 114 Å². The van der Waals surface area contributed by atoms with Gasteiger partial charge >= 0.3 is 5.97 Å². The van der Waals surface area contributed by atoms with Crippen molar-refractivity contribution in [2.75, 3.05) is 23.4 Å². The monoisotopic (exact) mass is 284 g/mol. The first-order valence-corrected chi connectivity index (χ1v) is 8.25. The van der Waals surface area contributed by atoms with Crippen LogP contribution in [0.3, 0.4) is 0 Å². The maximum Gasteiger partial charge on any atom is 0.312 e. The van der Waals surface area contributed by atoms with Crippen molar-refractivity contribution in [3.63, 3.8) is 0 Å². The van der Waals surface area contributed by atoms with E-state index in [1.165, 1.54) is 17.9 Å². The summed E-state index contributed by atoms with van der Waals surface area (Å²) in [4.78, 5) is 16.7. The van der Waals surface area contributed by atoms with Gasteiger partial charge in [-0.05, 0) is 36.7 Å². The summed E-state index contributed by atoms with van der Waals surface area (Å²) in [6.07, 6.45) is 2.86. The van der Waals surface area contributed by atoms with E-state index in [0.717, 1.165) is 34.6 Å². The number of carbonyl (C=O) groups is 1. The number of anilines is 1. The van der Waals surface area contributed by atoms with E-state index in [1.807, 2.05) is 11.8 Å². The maximum absolute atomic E-state index is 11.1. The SMILES string of the molecule is O=C(O)C1CCc2sc(NCC3CCSC3)nc21. The topological polar surface area (TPSA) is 62.2 Å². The van der Waals surface area contributed by atoms with Crippen LogP contribution in [0.15, 0.2) is 0 Å². The van der Waals surface area contributed by atoms with Gasteiger partial charge in [-0.2, -0.15) is 11.8 Å². The van der Waals surface area contributed by atoms with Gasteiger partial charge in [0.15, 0.2) is 5.13 Å². The summed E-state index contributed by atoms with van der Waals surface area (Å²) in [6, 6.07) is 0. The summed E-state index contributed by atoms with van der Waals surface area (Å²) in [5, 5.41) is 13.4. The van der Waals surface area contributed by atoms with Crippen molar-refractivity contribution in [2.24, 2.45) is 5.92 Å². The quantitative estimate of drug-likeness (QED) is 0.889. The summed E-state index contributed by atoms with van der Waals surface area (Å²) in [5.41, 5.74) is 0.802. The van der Waals surface area contributed by atoms with Crippen molar-refractivity contribution in [2.45, 2.75) is 25.2 Å². The molecule has 0 aromatic carbocycles. The molecule has 1 aromatic heterocycles. The number of thiazole rings is 1. The Morgan fingerprint density at radius 3 is 3.11 bits per heavy atom. The van der Waals surface area contributed by atoms with Crippen LogP contribution in [0.4, 0.5) is 5.13 Å². The lowest BCUT2D eigenvalue weighted by molar-refractivity contribution is -0.138. The van der Waals surface area contributed by atoms with Crippen LogP contribution in [-0.4, -0.2) is 34.1 Å². The second-order valence-electron chi connectivity index (χ2n) is 4.87. The fourth-order valence-corrected chi connectivity index (χ4v) is 4.85. The van der Waals surface area contributed by atoms with Crippen LogP contribution in [0.2, 0.25) is 0 Å². The minimum absolute atomic E-state index is 0.381. The lowest BCUT2D eigenvalue weighted by Crippen LogP contribution is -2.14. The number of nitrogens with zero attached hydrogens (tertiary/aromatic N) is 1. The molecule has 6 heteroatoms. The number of thioether (sulfide) groups is 1. The number of nitrogens with one attached hydrogen (secondary N) is 1. The number of fused-ring (bicyclic) bond motifs is 1. The molecule has 98 valence electrons. The molecule has 1 aliphatic heterocycles. The van der Waals surface area contributed by atoms with Gasteiger partial charge in [-0.3, -0.25) is 4.79 Å². The van der Waals surface area contributed by atoms with E-state index in [2.05, 4.69) is 10.3 Å². The molecule has 1 saturated heterocycles. The Balaban J connectivity index is 1.64. The molecule has 0 amide bonds. The number of hydrogen-bond acceptors (Lipinski definition) is 5. The number of aryl methyl sites for hydroxylation is 1. The van der Waals surface area contributed by atoms with Gasteiger partial charge in [-0.25, -0.2) is 4.98 Å². The molecule has 2 unspecified atom stereocenters. The lowest BCUT2D eigenvalue weighted by atomic mass is 10.1. The van der Waals surface area contributed by atoms with E-state index in [-0.39, 0.29) is 5.92 Å².